The van der Waals surface area contributed by atoms with Crippen molar-refractivity contribution < 1.29 is 5.21 Å². The molecule has 0 radical (unpaired) electrons. The van der Waals surface area contributed by atoms with Gasteiger partial charge in [0.15, 0.2) is 0 Å². The van der Waals surface area contributed by atoms with Gasteiger partial charge in [0.05, 0.1) is 11.8 Å². The molecule has 2 aliphatic rings. The zero-order valence-electron chi connectivity index (χ0n) is 8.48. The summed E-state index contributed by atoms with van der Waals surface area (Å²) in [4.78, 5) is 2.48. The van der Waals surface area contributed by atoms with Crippen LogP contribution in [0.1, 0.15) is 38.5 Å². The predicted molar refractivity (Wildman–Crippen MR) is 59.5 cm³/mol. The SMILES string of the molecule is Cl.O/N=C1/CCCCC1N1CCCC1. The standard InChI is InChI=1S/C10H18N2O.ClH/c13-11-9-5-1-2-6-10(9)12-7-3-4-8-12;/h10,13H,1-8H2;1H/b11-9-;. The molecule has 1 aliphatic carbocycles. The molecule has 1 N–H and O–H groups in total. The van der Waals surface area contributed by atoms with Crippen molar-refractivity contribution in [3.63, 3.8) is 0 Å². The highest BCUT2D eigenvalue weighted by molar-refractivity contribution is 5.89. The number of oxime groups is 1. The Bertz CT molecular complexity index is 202. The molecule has 0 amide bonds. The Balaban J connectivity index is 0.000000980. The molecule has 2 rings (SSSR count). The molecule has 1 saturated carbocycles. The minimum atomic E-state index is 0. The minimum Gasteiger partial charge on any atom is -0.411 e. The third-order valence-corrected chi connectivity index (χ3v) is 3.25. The van der Waals surface area contributed by atoms with Gasteiger partial charge < -0.3 is 5.21 Å². The lowest BCUT2D eigenvalue weighted by atomic mass is 9.92. The lowest BCUT2D eigenvalue weighted by Crippen LogP contribution is -2.41. The molecule has 1 heterocycles. The van der Waals surface area contributed by atoms with Gasteiger partial charge >= 0.3 is 0 Å². The summed E-state index contributed by atoms with van der Waals surface area (Å²) in [5, 5.41) is 12.3. The minimum absolute atomic E-state index is 0. The van der Waals surface area contributed by atoms with E-state index in [0.29, 0.717) is 6.04 Å². The number of rotatable bonds is 1. The molecule has 3 nitrogen and oxygen atoms in total. The van der Waals surface area contributed by atoms with Gasteiger partial charge in [-0.3, -0.25) is 4.90 Å². The molecule has 1 unspecified atom stereocenters. The fraction of sp³-hybridized carbons (Fsp3) is 0.900. The average molecular weight is 219 g/mol. The van der Waals surface area contributed by atoms with Crippen LogP contribution >= 0.6 is 12.4 Å². The molecule has 0 spiro atoms. The van der Waals surface area contributed by atoms with Crippen LogP contribution in [-0.2, 0) is 0 Å². The summed E-state index contributed by atoms with van der Waals surface area (Å²) in [7, 11) is 0. The molecular formula is C10H19ClN2O. The van der Waals surface area contributed by atoms with Crippen LogP contribution in [0.2, 0.25) is 0 Å². The first kappa shape index (κ1) is 11.8. The Morgan fingerprint density at radius 1 is 1.14 bits per heavy atom. The van der Waals surface area contributed by atoms with Crippen molar-refractivity contribution in [2.45, 2.75) is 44.6 Å². The van der Waals surface area contributed by atoms with E-state index in [2.05, 4.69) is 10.1 Å². The lowest BCUT2D eigenvalue weighted by molar-refractivity contribution is 0.253. The lowest BCUT2D eigenvalue weighted by Gasteiger charge is -2.31. The number of hydrogen-bond acceptors (Lipinski definition) is 3. The van der Waals surface area contributed by atoms with Crippen LogP contribution in [-0.4, -0.2) is 35.0 Å². The highest BCUT2D eigenvalue weighted by atomic mass is 35.5. The second-order valence-corrected chi connectivity index (χ2v) is 4.10. The van der Waals surface area contributed by atoms with Gasteiger partial charge in [-0.25, -0.2) is 0 Å². The van der Waals surface area contributed by atoms with E-state index in [1.54, 1.807) is 0 Å². The van der Waals surface area contributed by atoms with Crippen molar-refractivity contribution in [2.24, 2.45) is 5.16 Å². The monoisotopic (exact) mass is 218 g/mol. The number of likely N-dealkylation sites (tertiary alicyclic amines) is 1. The van der Waals surface area contributed by atoms with Crippen molar-refractivity contribution in [1.82, 2.24) is 4.90 Å². The summed E-state index contributed by atoms with van der Waals surface area (Å²) < 4.78 is 0. The number of nitrogens with zero attached hydrogens (tertiary/aromatic N) is 2. The van der Waals surface area contributed by atoms with Gasteiger partial charge in [0.2, 0.25) is 0 Å². The molecule has 82 valence electrons. The summed E-state index contributed by atoms with van der Waals surface area (Å²) in [6.45, 7) is 2.40. The van der Waals surface area contributed by atoms with E-state index in [4.69, 9.17) is 5.21 Å². The molecule has 0 aromatic heterocycles. The summed E-state index contributed by atoms with van der Waals surface area (Å²) in [5.74, 6) is 0. The Kier molecular flexibility index (Phi) is 4.69. The van der Waals surface area contributed by atoms with Gasteiger partial charge in [0.1, 0.15) is 0 Å². The van der Waals surface area contributed by atoms with Crippen LogP contribution in [0.3, 0.4) is 0 Å². The van der Waals surface area contributed by atoms with Crippen LogP contribution in [0.4, 0.5) is 0 Å². The van der Waals surface area contributed by atoms with Gasteiger partial charge in [0.25, 0.3) is 0 Å². The van der Waals surface area contributed by atoms with Crippen LogP contribution < -0.4 is 0 Å². The molecule has 14 heavy (non-hydrogen) atoms. The quantitative estimate of drug-likeness (QED) is 0.542. The van der Waals surface area contributed by atoms with E-state index in [1.807, 2.05) is 0 Å². The van der Waals surface area contributed by atoms with Crippen molar-refractivity contribution >= 4 is 18.1 Å². The van der Waals surface area contributed by atoms with E-state index in [0.717, 1.165) is 12.1 Å². The molecule has 0 aromatic rings. The maximum absolute atomic E-state index is 8.88. The molecule has 0 bridgehead atoms. The smallest absolute Gasteiger partial charge is 0.0742 e. The van der Waals surface area contributed by atoms with Gasteiger partial charge in [-0.15, -0.1) is 12.4 Å². The van der Waals surface area contributed by atoms with E-state index < -0.39 is 0 Å². The van der Waals surface area contributed by atoms with Crippen LogP contribution in [0.25, 0.3) is 0 Å². The Labute approximate surface area is 91.6 Å². The largest absolute Gasteiger partial charge is 0.411 e. The summed E-state index contributed by atoms with van der Waals surface area (Å²) in [6.07, 6.45) is 7.31. The maximum Gasteiger partial charge on any atom is 0.0742 e. The average Bonchev–Trinajstić information content (AvgIpc) is 2.70. The van der Waals surface area contributed by atoms with Crippen LogP contribution in [0.5, 0.6) is 0 Å². The summed E-state index contributed by atoms with van der Waals surface area (Å²) >= 11 is 0. The first-order chi connectivity index (χ1) is 6.42. The van der Waals surface area contributed by atoms with E-state index in [-0.39, 0.29) is 12.4 Å². The van der Waals surface area contributed by atoms with Crippen molar-refractivity contribution in [3.05, 3.63) is 0 Å². The van der Waals surface area contributed by atoms with E-state index in [9.17, 15) is 0 Å². The number of halogens is 1. The first-order valence-corrected chi connectivity index (χ1v) is 5.36. The Morgan fingerprint density at radius 2 is 1.86 bits per heavy atom. The second kappa shape index (κ2) is 5.56. The molecule has 2 fully saturated rings. The highest BCUT2D eigenvalue weighted by Crippen LogP contribution is 2.23. The zero-order chi connectivity index (χ0) is 9.10. The Morgan fingerprint density at radius 3 is 2.50 bits per heavy atom. The van der Waals surface area contributed by atoms with Gasteiger partial charge in [-0.1, -0.05) is 11.6 Å². The first-order valence-electron chi connectivity index (χ1n) is 5.36. The molecular weight excluding hydrogens is 200 g/mol. The van der Waals surface area contributed by atoms with E-state index in [1.165, 1.54) is 45.2 Å². The van der Waals surface area contributed by atoms with Crippen LogP contribution in [0, 0.1) is 0 Å². The second-order valence-electron chi connectivity index (χ2n) is 4.10. The highest BCUT2D eigenvalue weighted by Gasteiger charge is 2.28. The summed E-state index contributed by atoms with van der Waals surface area (Å²) in [5.41, 5.74) is 1.02. The van der Waals surface area contributed by atoms with Crippen molar-refractivity contribution in [1.29, 1.82) is 0 Å². The van der Waals surface area contributed by atoms with Gasteiger partial charge in [0, 0.05) is 0 Å². The van der Waals surface area contributed by atoms with Crippen molar-refractivity contribution in [3.8, 4) is 0 Å². The molecule has 4 heteroatoms. The molecule has 0 aromatic carbocycles. The molecule has 1 aliphatic heterocycles. The third-order valence-electron chi connectivity index (χ3n) is 3.25. The number of hydrogen-bond donors (Lipinski definition) is 1. The maximum atomic E-state index is 8.88. The molecule has 1 atom stereocenters. The van der Waals surface area contributed by atoms with E-state index >= 15 is 0 Å². The topological polar surface area (TPSA) is 35.8 Å². The zero-order valence-corrected chi connectivity index (χ0v) is 9.30. The molecule has 1 saturated heterocycles. The fourth-order valence-corrected chi connectivity index (χ4v) is 2.54. The third kappa shape index (κ3) is 2.39. The fourth-order valence-electron chi connectivity index (χ4n) is 2.54. The van der Waals surface area contributed by atoms with Crippen LogP contribution in [0.15, 0.2) is 5.16 Å². The van der Waals surface area contributed by atoms with Gasteiger partial charge in [-0.2, -0.15) is 0 Å². The Hall–Kier alpha value is -0.280. The van der Waals surface area contributed by atoms with Crippen molar-refractivity contribution in [2.75, 3.05) is 13.1 Å². The predicted octanol–water partition coefficient (Wildman–Crippen LogP) is 2.28. The summed E-state index contributed by atoms with van der Waals surface area (Å²) in [6, 6.07) is 0.459. The normalized spacial score (nSPS) is 31.7. The van der Waals surface area contributed by atoms with Gasteiger partial charge in [-0.05, 0) is 45.2 Å².